The van der Waals surface area contributed by atoms with Crippen molar-refractivity contribution in [3.63, 3.8) is 0 Å². The van der Waals surface area contributed by atoms with Crippen LogP contribution in [0.3, 0.4) is 0 Å². The van der Waals surface area contributed by atoms with Gasteiger partial charge in [-0.15, -0.1) is 0 Å². The van der Waals surface area contributed by atoms with E-state index in [1.807, 2.05) is 7.05 Å². The quantitative estimate of drug-likeness (QED) is 0.921. The molecular weight excluding hydrogens is 302 g/mol. The van der Waals surface area contributed by atoms with Gasteiger partial charge in [0.15, 0.2) is 0 Å². The molecule has 1 aromatic rings. The second-order valence-electron chi connectivity index (χ2n) is 6.00. The van der Waals surface area contributed by atoms with Gasteiger partial charge >= 0.3 is 0 Å². The first-order chi connectivity index (χ1) is 8.94. The Morgan fingerprint density at radius 2 is 2.16 bits per heavy atom. The zero-order valence-electron chi connectivity index (χ0n) is 12.3. The van der Waals surface area contributed by atoms with Crippen molar-refractivity contribution >= 4 is 21.6 Å². The van der Waals surface area contributed by atoms with E-state index >= 15 is 0 Å². The van der Waals surface area contributed by atoms with Crippen LogP contribution >= 0.6 is 15.9 Å². The molecule has 0 bridgehead atoms. The summed E-state index contributed by atoms with van der Waals surface area (Å²) in [6.07, 6.45) is 0. The van der Waals surface area contributed by atoms with Crippen LogP contribution in [0, 0.1) is 0 Å². The summed E-state index contributed by atoms with van der Waals surface area (Å²) in [5, 5.41) is 3.31. The van der Waals surface area contributed by atoms with Gasteiger partial charge in [0.25, 0.3) is 0 Å². The van der Waals surface area contributed by atoms with Crippen molar-refractivity contribution in [3.05, 3.63) is 28.7 Å². The molecule has 0 amide bonds. The Bertz CT molecular complexity index is 433. The van der Waals surface area contributed by atoms with Gasteiger partial charge in [-0.3, -0.25) is 4.90 Å². The van der Waals surface area contributed by atoms with Crippen LogP contribution in [0.15, 0.2) is 28.7 Å². The number of benzene rings is 1. The highest BCUT2D eigenvalue weighted by Gasteiger charge is 2.37. The Kier molecular flexibility index (Phi) is 4.54. The smallest absolute Gasteiger partial charge is 0.0398 e. The minimum absolute atomic E-state index is 0.183. The number of nitrogens with one attached hydrogen (secondary N) is 1. The van der Waals surface area contributed by atoms with Crippen molar-refractivity contribution in [2.75, 3.05) is 38.6 Å². The first kappa shape index (κ1) is 14.8. The molecule has 19 heavy (non-hydrogen) atoms. The SMILES string of the molecule is CNCC1CN(c2cccc(Br)c2)CC(C)(C)N1C. The molecule has 1 fully saturated rings. The molecule has 1 aromatic carbocycles. The number of anilines is 1. The Morgan fingerprint density at radius 3 is 2.79 bits per heavy atom. The second kappa shape index (κ2) is 5.81. The van der Waals surface area contributed by atoms with Gasteiger partial charge in [-0.1, -0.05) is 22.0 Å². The first-order valence-electron chi connectivity index (χ1n) is 6.82. The lowest BCUT2D eigenvalue weighted by Crippen LogP contribution is -2.64. The molecule has 0 radical (unpaired) electrons. The summed E-state index contributed by atoms with van der Waals surface area (Å²) in [7, 11) is 4.26. The molecule has 4 heteroatoms. The maximum atomic E-state index is 3.57. The van der Waals surface area contributed by atoms with Gasteiger partial charge in [0.1, 0.15) is 0 Å². The standard InChI is InChI=1S/C15H24BrN3/c1-15(2)11-19(10-14(9-17-3)18(15)4)13-7-5-6-12(16)8-13/h5-8,14,17H,9-11H2,1-4H3. The van der Waals surface area contributed by atoms with E-state index < -0.39 is 0 Å². The van der Waals surface area contributed by atoms with Crippen LogP contribution < -0.4 is 10.2 Å². The average Bonchev–Trinajstić information content (AvgIpc) is 2.35. The third kappa shape index (κ3) is 3.30. The lowest BCUT2D eigenvalue weighted by Gasteiger charge is -2.51. The molecule has 1 heterocycles. The van der Waals surface area contributed by atoms with Crippen LogP contribution in [0.25, 0.3) is 0 Å². The van der Waals surface area contributed by atoms with Crippen molar-refractivity contribution in [1.29, 1.82) is 0 Å². The lowest BCUT2D eigenvalue weighted by atomic mass is 9.95. The minimum Gasteiger partial charge on any atom is -0.368 e. The van der Waals surface area contributed by atoms with Gasteiger partial charge in [-0.25, -0.2) is 0 Å². The number of halogens is 1. The van der Waals surface area contributed by atoms with E-state index in [0.29, 0.717) is 6.04 Å². The fourth-order valence-corrected chi connectivity index (χ4v) is 3.21. The number of rotatable bonds is 3. The van der Waals surface area contributed by atoms with Gasteiger partial charge in [0, 0.05) is 41.4 Å². The number of hydrogen-bond donors (Lipinski definition) is 1. The summed E-state index contributed by atoms with van der Waals surface area (Å²) in [5.41, 5.74) is 1.49. The van der Waals surface area contributed by atoms with Gasteiger partial charge in [-0.05, 0) is 46.1 Å². The number of piperazine rings is 1. The van der Waals surface area contributed by atoms with E-state index in [9.17, 15) is 0 Å². The average molecular weight is 326 g/mol. The normalized spacial score (nSPS) is 23.6. The molecule has 0 aromatic heterocycles. The molecule has 0 spiro atoms. The first-order valence-corrected chi connectivity index (χ1v) is 7.61. The summed E-state index contributed by atoms with van der Waals surface area (Å²) in [6.45, 7) is 7.78. The monoisotopic (exact) mass is 325 g/mol. The highest BCUT2D eigenvalue weighted by Crippen LogP contribution is 2.28. The Hall–Kier alpha value is -0.580. The predicted molar refractivity (Wildman–Crippen MR) is 85.9 cm³/mol. The molecule has 1 N–H and O–H groups in total. The number of hydrogen-bond acceptors (Lipinski definition) is 3. The van der Waals surface area contributed by atoms with Gasteiger partial charge in [-0.2, -0.15) is 0 Å². The van der Waals surface area contributed by atoms with E-state index in [1.54, 1.807) is 0 Å². The highest BCUT2D eigenvalue weighted by molar-refractivity contribution is 9.10. The topological polar surface area (TPSA) is 18.5 Å². The molecule has 0 aliphatic carbocycles. The molecular formula is C15H24BrN3. The van der Waals surface area contributed by atoms with E-state index in [4.69, 9.17) is 0 Å². The van der Waals surface area contributed by atoms with Crippen LogP contribution in [0.1, 0.15) is 13.8 Å². The summed E-state index contributed by atoms with van der Waals surface area (Å²) < 4.78 is 1.15. The van der Waals surface area contributed by atoms with Crippen LogP contribution in [-0.2, 0) is 0 Å². The second-order valence-corrected chi connectivity index (χ2v) is 6.91. The van der Waals surface area contributed by atoms with Crippen molar-refractivity contribution in [2.24, 2.45) is 0 Å². The van der Waals surface area contributed by atoms with E-state index in [-0.39, 0.29) is 5.54 Å². The van der Waals surface area contributed by atoms with E-state index in [2.05, 4.69) is 76.2 Å². The van der Waals surface area contributed by atoms with Gasteiger partial charge in [0.05, 0.1) is 0 Å². The summed E-state index contributed by atoms with van der Waals surface area (Å²) in [6, 6.07) is 9.13. The maximum absolute atomic E-state index is 3.57. The van der Waals surface area contributed by atoms with Crippen LogP contribution in [0.2, 0.25) is 0 Å². The molecule has 0 saturated carbocycles. The Labute approximate surface area is 125 Å². The highest BCUT2D eigenvalue weighted by atomic mass is 79.9. The molecule has 106 valence electrons. The predicted octanol–water partition coefficient (Wildman–Crippen LogP) is 2.57. The number of likely N-dealkylation sites (N-methyl/N-ethyl adjacent to an activating group) is 2. The summed E-state index contributed by atoms with van der Waals surface area (Å²) in [5.74, 6) is 0. The number of nitrogens with zero attached hydrogens (tertiary/aromatic N) is 2. The van der Waals surface area contributed by atoms with E-state index in [1.165, 1.54) is 5.69 Å². The molecule has 1 aliphatic heterocycles. The van der Waals surface area contributed by atoms with Crippen molar-refractivity contribution in [1.82, 2.24) is 10.2 Å². The van der Waals surface area contributed by atoms with Crippen LogP contribution in [0.4, 0.5) is 5.69 Å². The Morgan fingerprint density at radius 1 is 1.42 bits per heavy atom. The van der Waals surface area contributed by atoms with Gasteiger partial charge in [0.2, 0.25) is 0 Å². The third-order valence-corrected chi connectivity index (χ3v) is 4.62. The molecule has 1 aliphatic rings. The Balaban J connectivity index is 2.22. The zero-order chi connectivity index (χ0) is 14.0. The van der Waals surface area contributed by atoms with Crippen LogP contribution in [0.5, 0.6) is 0 Å². The van der Waals surface area contributed by atoms with Crippen LogP contribution in [-0.4, -0.2) is 50.2 Å². The fourth-order valence-electron chi connectivity index (χ4n) is 2.82. The summed E-state index contributed by atoms with van der Waals surface area (Å²) >= 11 is 3.57. The molecule has 1 unspecified atom stereocenters. The largest absolute Gasteiger partial charge is 0.368 e. The lowest BCUT2D eigenvalue weighted by molar-refractivity contribution is 0.0809. The van der Waals surface area contributed by atoms with Gasteiger partial charge < -0.3 is 10.2 Å². The minimum atomic E-state index is 0.183. The van der Waals surface area contributed by atoms with Crippen molar-refractivity contribution in [3.8, 4) is 0 Å². The molecule has 1 atom stereocenters. The fraction of sp³-hybridized carbons (Fsp3) is 0.600. The molecule has 2 rings (SSSR count). The third-order valence-electron chi connectivity index (χ3n) is 4.12. The maximum Gasteiger partial charge on any atom is 0.0398 e. The molecule has 3 nitrogen and oxygen atoms in total. The van der Waals surface area contributed by atoms with Crippen molar-refractivity contribution in [2.45, 2.75) is 25.4 Å². The zero-order valence-corrected chi connectivity index (χ0v) is 13.9. The summed E-state index contributed by atoms with van der Waals surface area (Å²) in [4.78, 5) is 4.99. The van der Waals surface area contributed by atoms with E-state index in [0.717, 1.165) is 24.1 Å². The molecule has 1 saturated heterocycles. The van der Waals surface area contributed by atoms with Crippen molar-refractivity contribution < 1.29 is 0 Å².